The number of aryl methyl sites for hydroxylation is 1. The molecule has 3 heteroatoms. The molecule has 74 valence electrons. The minimum atomic E-state index is 0.371. The van der Waals surface area contributed by atoms with E-state index < -0.39 is 0 Å². The molecule has 0 aromatic carbocycles. The lowest BCUT2D eigenvalue weighted by Crippen LogP contribution is -2.05. The normalized spacial score (nSPS) is 11.2. The van der Waals surface area contributed by atoms with E-state index in [2.05, 4.69) is 31.1 Å². The second-order valence-corrected chi connectivity index (χ2v) is 3.46. The summed E-state index contributed by atoms with van der Waals surface area (Å²) in [4.78, 5) is 4.44. The Morgan fingerprint density at radius 3 is 2.62 bits per heavy atom. The zero-order valence-electron chi connectivity index (χ0n) is 8.85. The van der Waals surface area contributed by atoms with Gasteiger partial charge in [-0.05, 0) is 13.5 Å². The second-order valence-electron chi connectivity index (χ2n) is 3.46. The molecule has 0 aliphatic carbocycles. The smallest absolute Gasteiger partial charge is 0.197 e. The average Bonchev–Trinajstić information content (AvgIpc) is 2.48. The first-order valence-corrected chi connectivity index (χ1v) is 4.82. The maximum Gasteiger partial charge on any atom is 0.197 e. The third-order valence-corrected chi connectivity index (χ3v) is 1.96. The van der Waals surface area contributed by atoms with Gasteiger partial charge < -0.3 is 9.73 Å². The Morgan fingerprint density at radius 2 is 2.15 bits per heavy atom. The van der Waals surface area contributed by atoms with Gasteiger partial charge in [0.25, 0.3) is 0 Å². The van der Waals surface area contributed by atoms with Crippen molar-refractivity contribution in [3.63, 3.8) is 0 Å². The molecule has 1 aromatic rings. The predicted octanol–water partition coefficient (Wildman–Crippen LogP) is 2.08. The van der Waals surface area contributed by atoms with Gasteiger partial charge in [-0.3, -0.25) is 0 Å². The highest BCUT2D eigenvalue weighted by Gasteiger charge is 2.12. The van der Waals surface area contributed by atoms with Crippen LogP contribution < -0.4 is 5.32 Å². The molecule has 1 N–H and O–H groups in total. The zero-order chi connectivity index (χ0) is 9.84. The summed E-state index contributed by atoms with van der Waals surface area (Å²) >= 11 is 0. The lowest BCUT2D eigenvalue weighted by molar-refractivity contribution is 0.427. The standard InChI is InChI=1S/C10H18N2O/c1-5-8-9(6-11-4)13-10(12-8)7(2)3/h7,11H,5-6H2,1-4H3. The van der Waals surface area contributed by atoms with Gasteiger partial charge in [0, 0.05) is 5.92 Å². The van der Waals surface area contributed by atoms with E-state index in [9.17, 15) is 0 Å². The van der Waals surface area contributed by atoms with Crippen molar-refractivity contribution in [2.24, 2.45) is 0 Å². The third kappa shape index (κ3) is 2.31. The van der Waals surface area contributed by atoms with E-state index in [0.717, 1.165) is 30.3 Å². The van der Waals surface area contributed by atoms with Crippen molar-refractivity contribution in [3.8, 4) is 0 Å². The van der Waals surface area contributed by atoms with E-state index in [4.69, 9.17) is 4.42 Å². The van der Waals surface area contributed by atoms with Gasteiger partial charge in [-0.25, -0.2) is 4.98 Å². The predicted molar refractivity (Wildman–Crippen MR) is 52.7 cm³/mol. The van der Waals surface area contributed by atoms with Crippen LogP contribution in [0.25, 0.3) is 0 Å². The van der Waals surface area contributed by atoms with Crippen LogP contribution in [0.1, 0.15) is 44.0 Å². The molecule has 0 fully saturated rings. The van der Waals surface area contributed by atoms with Crippen molar-refractivity contribution >= 4 is 0 Å². The summed E-state index contributed by atoms with van der Waals surface area (Å²) in [5.41, 5.74) is 1.08. The van der Waals surface area contributed by atoms with Crippen molar-refractivity contribution in [1.82, 2.24) is 10.3 Å². The van der Waals surface area contributed by atoms with Gasteiger partial charge >= 0.3 is 0 Å². The minimum Gasteiger partial charge on any atom is -0.444 e. The monoisotopic (exact) mass is 182 g/mol. The molecule has 0 spiro atoms. The summed E-state index contributed by atoms with van der Waals surface area (Å²) in [5, 5.41) is 3.08. The van der Waals surface area contributed by atoms with Crippen molar-refractivity contribution in [2.75, 3.05) is 7.05 Å². The molecule has 0 aliphatic heterocycles. The van der Waals surface area contributed by atoms with Crippen LogP contribution in [0.3, 0.4) is 0 Å². The first-order chi connectivity index (χ1) is 6.19. The van der Waals surface area contributed by atoms with Crippen LogP contribution in [0, 0.1) is 0 Å². The quantitative estimate of drug-likeness (QED) is 0.774. The molecule has 0 unspecified atom stereocenters. The molecule has 0 saturated heterocycles. The Hall–Kier alpha value is -0.830. The summed E-state index contributed by atoms with van der Waals surface area (Å²) in [6, 6.07) is 0. The van der Waals surface area contributed by atoms with E-state index in [1.54, 1.807) is 0 Å². The summed E-state index contributed by atoms with van der Waals surface area (Å²) in [7, 11) is 1.91. The zero-order valence-corrected chi connectivity index (χ0v) is 8.85. The molecule has 0 atom stereocenters. The number of hydrogen-bond donors (Lipinski definition) is 1. The Balaban J connectivity index is 2.90. The fraction of sp³-hybridized carbons (Fsp3) is 0.700. The lowest BCUT2D eigenvalue weighted by Gasteiger charge is -1.96. The van der Waals surface area contributed by atoms with Crippen LogP contribution in [0.4, 0.5) is 0 Å². The molecule has 1 aromatic heterocycles. The lowest BCUT2D eigenvalue weighted by atomic mass is 10.2. The maximum absolute atomic E-state index is 5.63. The maximum atomic E-state index is 5.63. The molecular weight excluding hydrogens is 164 g/mol. The van der Waals surface area contributed by atoms with Crippen LogP contribution in [-0.4, -0.2) is 12.0 Å². The topological polar surface area (TPSA) is 38.1 Å². The van der Waals surface area contributed by atoms with Crippen LogP contribution in [0.15, 0.2) is 4.42 Å². The van der Waals surface area contributed by atoms with Crippen LogP contribution >= 0.6 is 0 Å². The SMILES string of the molecule is CCc1nc(C(C)C)oc1CNC. The van der Waals surface area contributed by atoms with Crippen LogP contribution in [-0.2, 0) is 13.0 Å². The highest BCUT2D eigenvalue weighted by molar-refractivity contribution is 5.11. The Labute approximate surface area is 79.5 Å². The van der Waals surface area contributed by atoms with Gasteiger partial charge in [-0.2, -0.15) is 0 Å². The average molecular weight is 182 g/mol. The number of rotatable bonds is 4. The largest absolute Gasteiger partial charge is 0.444 e. The molecular formula is C10H18N2O. The molecule has 0 aliphatic rings. The number of aromatic nitrogens is 1. The molecule has 0 bridgehead atoms. The molecule has 0 radical (unpaired) electrons. The molecule has 1 rings (SSSR count). The third-order valence-electron chi connectivity index (χ3n) is 1.96. The number of oxazole rings is 1. The molecule has 3 nitrogen and oxygen atoms in total. The summed E-state index contributed by atoms with van der Waals surface area (Å²) < 4.78 is 5.63. The van der Waals surface area contributed by atoms with Crippen molar-refractivity contribution < 1.29 is 4.42 Å². The van der Waals surface area contributed by atoms with E-state index in [1.807, 2.05) is 7.05 Å². The Morgan fingerprint density at radius 1 is 1.46 bits per heavy atom. The van der Waals surface area contributed by atoms with Gasteiger partial charge in [0.05, 0.1) is 12.2 Å². The number of nitrogens with one attached hydrogen (secondary N) is 1. The van der Waals surface area contributed by atoms with E-state index in [-0.39, 0.29) is 0 Å². The fourth-order valence-corrected chi connectivity index (χ4v) is 1.23. The summed E-state index contributed by atoms with van der Waals surface area (Å²) in [6.45, 7) is 7.05. The minimum absolute atomic E-state index is 0.371. The van der Waals surface area contributed by atoms with Crippen LogP contribution in [0.2, 0.25) is 0 Å². The highest BCUT2D eigenvalue weighted by atomic mass is 16.4. The summed E-state index contributed by atoms with van der Waals surface area (Å²) in [5.74, 6) is 2.20. The summed E-state index contributed by atoms with van der Waals surface area (Å²) in [6.07, 6.45) is 0.938. The first kappa shape index (κ1) is 10.3. The van der Waals surface area contributed by atoms with E-state index in [1.165, 1.54) is 0 Å². The van der Waals surface area contributed by atoms with Gasteiger partial charge in [0.1, 0.15) is 5.76 Å². The van der Waals surface area contributed by atoms with Crippen molar-refractivity contribution in [2.45, 2.75) is 39.7 Å². The Bertz CT molecular complexity index is 266. The highest BCUT2D eigenvalue weighted by Crippen LogP contribution is 2.18. The van der Waals surface area contributed by atoms with Crippen molar-refractivity contribution in [3.05, 3.63) is 17.3 Å². The van der Waals surface area contributed by atoms with Gasteiger partial charge in [0.2, 0.25) is 0 Å². The van der Waals surface area contributed by atoms with Gasteiger partial charge in [-0.15, -0.1) is 0 Å². The van der Waals surface area contributed by atoms with E-state index >= 15 is 0 Å². The number of nitrogens with zero attached hydrogens (tertiary/aromatic N) is 1. The second kappa shape index (κ2) is 4.42. The van der Waals surface area contributed by atoms with E-state index in [0.29, 0.717) is 5.92 Å². The first-order valence-electron chi connectivity index (χ1n) is 4.82. The molecule has 0 saturated carbocycles. The van der Waals surface area contributed by atoms with Crippen LogP contribution in [0.5, 0.6) is 0 Å². The van der Waals surface area contributed by atoms with Crippen molar-refractivity contribution in [1.29, 1.82) is 0 Å². The van der Waals surface area contributed by atoms with Gasteiger partial charge in [0.15, 0.2) is 5.89 Å². The molecule has 13 heavy (non-hydrogen) atoms. The number of hydrogen-bond acceptors (Lipinski definition) is 3. The Kier molecular flexibility index (Phi) is 3.48. The van der Waals surface area contributed by atoms with Gasteiger partial charge in [-0.1, -0.05) is 20.8 Å². The molecule has 1 heterocycles. The fourth-order valence-electron chi connectivity index (χ4n) is 1.23. The molecule has 0 amide bonds.